The lowest BCUT2D eigenvalue weighted by molar-refractivity contribution is -0.882. The van der Waals surface area contributed by atoms with Gasteiger partial charge in [-0.1, -0.05) is 168 Å². The second kappa shape index (κ2) is 33.0. The van der Waals surface area contributed by atoms with Crippen molar-refractivity contribution < 1.29 is 18.6 Å². The van der Waals surface area contributed by atoms with Gasteiger partial charge in [0.1, 0.15) is 0 Å². The maximum atomic E-state index is 12.5. The van der Waals surface area contributed by atoms with E-state index >= 15 is 0 Å². The molecule has 0 radical (unpaired) electrons. The molecule has 0 heterocycles. The molecule has 2 N–H and O–H groups in total. The van der Waals surface area contributed by atoms with Gasteiger partial charge in [0.25, 0.3) is 11.8 Å². The van der Waals surface area contributed by atoms with Crippen LogP contribution in [0, 0.1) is 0 Å². The van der Waals surface area contributed by atoms with Crippen molar-refractivity contribution in [3.05, 3.63) is 0 Å². The fourth-order valence-corrected chi connectivity index (χ4v) is 6.92. The zero-order valence-corrected chi connectivity index (χ0v) is 33.8. The van der Waals surface area contributed by atoms with E-state index in [1.807, 2.05) is 0 Å². The Morgan fingerprint density at radius 3 is 0.792 bits per heavy atom. The summed E-state index contributed by atoms with van der Waals surface area (Å²) in [6.07, 6.45) is 38.4. The van der Waals surface area contributed by atoms with E-state index in [9.17, 15) is 9.59 Å². The Balaban J connectivity index is 3.69. The molecule has 0 aromatic carbocycles. The first-order valence-corrected chi connectivity index (χ1v) is 21.3. The number of hydrogen-bond donors (Lipinski definition) is 2. The van der Waals surface area contributed by atoms with Crippen molar-refractivity contribution >= 4 is 11.8 Å². The number of nitrogens with one attached hydrogen (secondary N) is 2. The predicted molar refractivity (Wildman–Crippen MR) is 210 cm³/mol. The van der Waals surface area contributed by atoms with Crippen molar-refractivity contribution in [2.24, 2.45) is 0 Å². The Bertz CT molecular complexity index is 664. The monoisotopic (exact) mass is 681 g/mol. The highest BCUT2D eigenvalue weighted by Gasteiger charge is 2.21. The van der Waals surface area contributed by atoms with Crippen LogP contribution in [-0.4, -0.2) is 88.2 Å². The lowest BCUT2D eigenvalue weighted by Gasteiger charge is -2.29. The highest BCUT2D eigenvalue weighted by Crippen LogP contribution is 2.15. The Hall–Kier alpha value is -1.14. The molecular formula is C42H88N4O2+2. The van der Waals surface area contributed by atoms with Crippen molar-refractivity contribution in [3.8, 4) is 0 Å². The summed E-state index contributed by atoms with van der Waals surface area (Å²) in [6.45, 7) is 8.62. The first kappa shape index (κ1) is 46.9. The molecule has 0 aliphatic carbocycles. The molecule has 0 aliphatic heterocycles. The lowest BCUT2D eigenvalue weighted by atomic mass is 10.0. The third-order valence-corrected chi connectivity index (χ3v) is 10.1. The second-order valence-electron chi connectivity index (χ2n) is 16.5. The third kappa shape index (κ3) is 34.7. The van der Waals surface area contributed by atoms with E-state index in [0.29, 0.717) is 26.2 Å². The van der Waals surface area contributed by atoms with Gasteiger partial charge in [0.2, 0.25) is 0 Å². The Morgan fingerprint density at radius 1 is 0.354 bits per heavy atom. The van der Waals surface area contributed by atoms with Crippen LogP contribution in [0.3, 0.4) is 0 Å². The van der Waals surface area contributed by atoms with Gasteiger partial charge in [-0.25, -0.2) is 0 Å². The molecule has 0 saturated carbocycles. The van der Waals surface area contributed by atoms with Crippen LogP contribution in [0.1, 0.15) is 194 Å². The number of quaternary nitrogens is 2. The van der Waals surface area contributed by atoms with Crippen LogP contribution in [0.15, 0.2) is 0 Å². The summed E-state index contributed by atoms with van der Waals surface area (Å²) in [6, 6.07) is 0. The van der Waals surface area contributed by atoms with Crippen molar-refractivity contribution in [2.45, 2.75) is 194 Å². The number of hydrogen-bond acceptors (Lipinski definition) is 2. The van der Waals surface area contributed by atoms with Crippen LogP contribution < -0.4 is 10.6 Å². The van der Waals surface area contributed by atoms with Crippen LogP contribution in [0.4, 0.5) is 0 Å². The highest BCUT2D eigenvalue weighted by molar-refractivity contribution is 5.78. The number of unbranched alkanes of at least 4 members (excludes halogenated alkanes) is 26. The Kier molecular flexibility index (Phi) is 32.2. The molecule has 0 aromatic heterocycles. The molecule has 0 atom stereocenters. The number of likely N-dealkylation sites (N-methyl/N-ethyl adjacent to an activating group) is 2. The average molecular weight is 681 g/mol. The lowest BCUT2D eigenvalue weighted by Crippen LogP contribution is -2.50. The van der Waals surface area contributed by atoms with Crippen molar-refractivity contribution in [3.63, 3.8) is 0 Å². The molecule has 0 saturated heterocycles. The van der Waals surface area contributed by atoms with Crippen molar-refractivity contribution in [1.82, 2.24) is 10.6 Å². The number of carbonyl (C=O) groups is 2. The van der Waals surface area contributed by atoms with E-state index in [1.54, 1.807) is 0 Å². The number of carbonyl (C=O) groups excluding carboxylic acids is 2. The minimum atomic E-state index is 0.0773. The normalized spacial score (nSPS) is 12.0. The van der Waals surface area contributed by atoms with Crippen LogP contribution in [-0.2, 0) is 9.59 Å². The molecule has 0 aliphatic rings. The van der Waals surface area contributed by atoms with Crippen molar-refractivity contribution in [2.75, 3.05) is 67.5 Å². The molecule has 0 aromatic rings. The fourth-order valence-electron chi connectivity index (χ4n) is 6.92. The van der Waals surface area contributed by atoms with Gasteiger partial charge >= 0.3 is 0 Å². The molecule has 6 heteroatoms. The van der Waals surface area contributed by atoms with Gasteiger partial charge in [0.15, 0.2) is 13.1 Å². The molecular weight excluding hydrogens is 592 g/mol. The number of rotatable bonds is 37. The first-order valence-electron chi connectivity index (χ1n) is 21.3. The van der Waals surface area contributed by atoms with E-state index in [2.05, 4.69) is 52.7 Å². The van der Waals surface area contributed by atoms with Gasteiger partial charge in [-0.3, -0.25) is 9.59 Å². The van der Waals surface area contributed by atoms with E-state index < -0.39 is 0 Å². The minimum absolute atomic E-state index is 0.0773. The molecule has 0 bridgehead atoms. The number of amides is 2. The van der Waals surface area contributed by atoms with E-state index in [1.165, 1.54) is 180 Å². The molecule has 286 valence electrons. The third-order valence-electron chi connectivity index (χ3n) is 10.1. The predicted octanol–water partition coefficient (Wildman–Crippen LogP) is 10.3. The Labute approximate surface area is 301 Å². The summed E-state index contributed by atoms with van der Waals surface area (Å²) in [5.74, 6) is 0.155. The average Bonchev–Trinajstić information content (AvgIpc) is 3.03. The molecule has 6 nitrogen and oxygen atoms in total. The summed E-state index contributed by atoms with van der Waals surface area (Å²) in [5, 5.41) is 6.03. The maximum absolute atomic E-state index is 12.5. The summed E-state index contributed by atoms with van der Waals surface area (Å²) in [7, 11) is 8.62. The standard InChI is InChI=1S/C42H86N4O2/c1-7-9-11-13-15-17-19-21-23-25-27-29-31-33-37-45(3,4)39-41(47)43-35-36-44-42(48)40-46(5,6)38-34-32-30-28-26-24-22-20-18-16-14-12-10-8-2/h7-40H2,1-6H3/p+2. The van der Waals surface area contributed by atoms with E-state index in [-0.39, 0.29) is 11.8 Å². The van der Waals surface area contributed by atoms with Gasteiger partial charge in [-0.2, -0.15) is 0 Å². The van der Waals surface area contributed by atoms with Gasteiger partial charge in [0.05, 0.1) is 41.3 Å². The summed E-state index contributed by atoms with van der Waals surface area (Å²) < 4.78 is 1.45. The summed E-state index contributed by atoms with van der Waals surface area (Å²) in [4.78, 5) is 25.1. The molecule has 0 rings (SSSR count). The fraction of sp³-hybridized carbons (Fsp3) is 0.952. The van der Waals surface area contributed by atoms with Crippen LogP contribution >= 0.6 is 0 Å². The topological polar surface area (TPSA) is 58.2 Å². The zero-order valence-electron chi connectivity index (χ0n) is 33.8. The van der Waals surface area contributed by atoms with Gasteiger partial charge in [-0.15, -0.1) is 0 Å². The maximum Gasteiger partial charge on any atom is 0.275 e. The van der Waals surface area contributed by atoms with Gasteiger partial charge in [-0.05, 0) is 25.7 Å². The van der Waals surface area contributed by atoms with Crippen LogP contribution in [0.25, 0.3) is 0 Å². The van der Waals surface area contributed by atoms with E-state index in [4.69, 9.17) is 0 Å². The molecule has 0 unspecified atom stereocenters. The van der Waals surface area contributed by atoms with Crippen molar-refractivity contribution in [1.29, 1.82) is 0 Å². The smallest absolute Gasteiger partial charge is 0.275 e. The van der Waals surface area contributed by atoms with Crippen LogP contribution in [0.2, 0.25) is 0 Å². The summed E-state index contributed by atoms with van der Waals surface area (Å²) in [5.41, 5.74) is 0. The zero-order chi connectivity index (χ0) is 35.6. The molecule has 48 heavy (non-hydrogen) atoms. The number of nitrogens with zero attached hydrogens (tertiary/aromatic N) is 2. The van der Waals surface area contributed by atoms with Gasteiger partial charge < -0.3 is 19.6 Å². The van der Waals surface area contributed by atoms with Crippen LogP contribution in [0.5, 0.6) is 0 Å². The van der Waals surface area contributed by atoms with E-state index in [0.717, 1.165) is 22.1 Å². The second-order valence-corrected chi connectivity index (χ2v) is 16.5. The largest absolute Gasteiger partial charge is 0.349 e. The minimum Gasteiger partial charge on any atom is -0.349 e. The quantitative estimate of drug-likeness (QED) is 0.0507. The van der Waals surface area contributed by atoms with Gasteiger partial charge in [0, 0.05) is 13.1 Å². The summed E-state index contributed by atoms with van der Waals surface area (Å²) >= 11 is 0. The Morgan fingerprint density at radius 2 is 0.562 bits per heavy atom. The first-order chi connectivity index (χ1) is 23.1. The highest BCUT2D eigenvalue weighted by atomic mass is 16.2. The molecule has 2 amide bonds. The molecule has 0 spiro atoms. The molecule has 0 fully saturated rings. The SMILES string of the molecule is CCCCCCCCCCCCCCCC[N+](C)(C)CC(=O)NCCNC(=O)C[N+](C)(C)CCCCCCCCCCCCCCCC.